The minimum atomic E-state index is 0.559. The van der Waals surface area contributed by atoms with E-state index in [9.17, 15) is 0 Å². The van der Waals surface area contributed by atoms with Crippen molar-refractivity contribution in [3.63, 3.8) is 0 Å². The van der Waals surface area contributed by atoms with Gasteiger partial charge in [-0.2, -0.15) is 0 Å². The van der Waals surface area contributed by atoms with Crippen LogP contribution in [0.1, 0.15) is 33.6 Å². The molecule has 0 aliphatic carbocycles. The standard InChI is InChI=1S/C9H19N/c1-8-7-10-6-4-5-9(8,2)3/h8,10H,4-7H2,1-3H3. The summed E-state index contributed by atoms with van der Waals surface area (Å²) < 4.78 is 0. The quantitative estimate of drug-likeness (QED) is 0.544. The highest BCUT2D eigenvalue weighted by molar-refractivity contribution is 4.79. The summed E-state index contributed by atoms with van der Waals surface area (Å²) in [5.74, 6) is 0.829. The molecule has 10 heavy (non-hydrogen) atoms. The molecule has 1 heteroatoms. The third-order valence-corrected chi connectivity index (χ3v) is 2.96. The molecule has 0 radical (unpaired) electrons. The van der Waals surface area contributed by atoms with Crippen LogP contribution < -0.4 is 5.32 Å². The maximum atomic E-state index is 3.45. The van der Waals surface area contributed by atoms with Crippen LogP contribution >= 0.6 is 0 Å². The Morgan fingerprint density at radius 3 is 2.80 bits per heavy atom. The minimum Gasteiger partial charge on any atom is -0.316 e. The van der Waals surface area contributed by atoms with Gasteiger partial charge in [-0.3, -0.25) is 0 Å². The molecule has 1 fully saturated rings. The molecule has 0 spiro atoms. The van der Waals surface area contributed by atoms with E-state index in [1.54, 1.807) is 0 Å². The van der Waals surface area contributed by atoms with E-state index in [1.165, 1.54) is 25.9 Å². The van der Waals surface area contributed by atoms with Crippen molar-refractivity contribution in [1.29, 1.82) is 0 Å². The van der Waals surface area contributed by atoms with E-state index in [1.807, 2.05) is 0 Å². The van der Waals surface area contributed by atoms with Gasteiger partial charge in [0.1, 0.15) is 0 Å². The zero-order valence-corrected chi connectivity index (χ0v) is 7.41. The first-order valence-electron chi connectivity index (χ1n) is 4.33. The summed E-state index contributed by atoms with van der Waals surface area (Å²) in [6.45, 7) is 9.52. The van der Waals surface area contributed by atoms with Crippen LogP contribution in [0.4, 0.5) is 0 Å². The van der Waals surface area contributed by atoms with Crippen LogP contribution in [0.25, 0.3) is 0 Å². The molecule has 1 atom stereocenters. The zero-order valence-electron chi connectivity index (χ0n) is 7.41. The second-order valence-corrected chi connectivity index (χ2v) is 4.20. The van der Waals surface area contributed by atoms with Crippen molar-refractivity contribution in [2.24, 2.45) is 11.3 Å². The van der Waals surface area contributed by atoms with Gasteiger partial charge in [0.2, 0.25) is 0 Å². The molecule has 0 saturated carbocycles. The highest BCUT2D eigenvalue weighted by atomic mass is 14.9. The van der Waals surface area contributed by atoms with Gasteiger partial charge in [0, 0.05) is 0 Å². The van der Waals surface area contributed by atoms with Crippen LogP contribution in [0.3, 0.4) is 0 Å². The van der Waals surface area contributed by atoms with Crippen LogP contribution in [-0.2, 0) is 0 Å². The molecule has 0 bridgehead atoms. The first kappa shape index (κ1) is 8.06. The Kier molecular flexibility index (Phi) is 2.35. The second kappa shape index (κ2) is 2.91. The molecule has 1 heterocycles. The topological polar surface area (TPSA) is 12.0 Å². The molecule has 1 N–H and O–H groups in total. The lowest BCUT2D eigenvalue weighted by atomic mass is 9.77. The van der Waals surface area contributed by atoms with Crippen molar-refractivity contribution in [3.8, 4) is 0 Å². The zero-order chi connectivity index (χ0) is 7.61. The molecule has 60 valence electrons. The summed E-state index contributed by atoms with van der Waals surface area (Å²) in [6.07, 6.45) is 2.72. The van der Waals surface area contributed by atoms with Crippen LogP contribution in [0, 0.1) is 11.3 Å². The van der Waals surface area contributed by atoms with E-state index in [-0.39, 0.29) is 0 Å². The summed E-state index contributed by atoms with van der Waals surface area (Å²) in [6, 6.07) is 0. The summed E-state index contributed by atoms with van der Waals surface area (Å²) in [4.78, 5) is 0. The number of hydrogen-bond donors (Lipinski definition) is 1. The number of hydrogen-bond acceptors (Lipinski definition) is 1. The largest absolute Gasteiger partial charge is 0.316 e. The summed E-state index contributed by atoms with van der Waals surface area (Å²) in [5, 5.41) is 3.45. The summed E-state index contributed by atoms with van der Waals surface area (Å²) in [7, 11) is 0. The van der Waals surface area contributed by atoms with E-state index >= 15 is 0 Å². The highest BCUT2D eigenvalue weighted by Gasteiger charge is 2.26. The SMILES string of the molecule is CC1CNCCCC1(C)C. The fraction of sp³-hybridized carbons (Fsp3) is 1.00. The van der Waals surface area contributed by atoms with Gasteiger partial charge in [0.05, 0.1) is 0 Å². The maximum Gasteiger partial charge on any atom is -0.00181 e. The van der Waals surface area contributed by atoms with Crippen molar-refractivity contribution in [3.05, 3.63) is 0 Å². The summed E-state index contributed by atoms with van der Waals surface area (Å²) >= 11 is 0. The van der Waals surface area contributed by atoms with Crippen LogP contribution in [-0.4, -0.2) is 13.1 Å². The summed E-state index contributed by atoms with van der Waals surface area (Å²) in [5.41, 5.74) is 0.559. The molecular formula is C9H19N. The van der Waals surface area contributed by atoms with Crippen molar-refractivity contribution in [2.75, 3.05) is 13.1 Å². The lowest BCUT2D eigenvalue weighted by Gasteiger charge is -2.29. The van der Waals surface area contributed by atoms with Gasteiger partial charge in [-0.1, -0.05) is 20.8 Å². The average molecular weight is 141 g/mol. The van der Waals surface area contributed by atoms with Crippen molar-refractivity contribution in [1.82, 2.24) is 5.32 Å². The van der Waals surface area contributed by atoms with Gasteiger partial charge >= 0.3 is 0 Å². The Morgan fingerprint density at radius 1 is 1.40 bits per heavy atom. The van der Waals surface area contributed by atoms with E-state index in [2.05, 4.69) is 26.1 Å². The Bertz CT molecular complexity index is 107. The fourth-order valence-corrected chi connectivity index (χ4v) is 1.51. The third-order valence-electron chi connectivity index (χ3n) is 2.96. The lowest BCUT2D eigenvalue weighted by molar-refractivity contribution is 0.226. The van der Waals surface area contributed by atoms with Crippen LogP contribution in [0.2, 0.25) is 0 Å². The Labute approximate surface area is 64.2 Å². The minimum absolute atomic E-state index is 0.559. The van der Waals surface area contributed by atoms with Gasteiger partial charge in [0.15, 0.2) is 0 Å². The normalized spacial score (nSPS) is 33.3. The predicted octanol–water partition coefficient (Wildman–Crippen LogP) is 2.03. The van der Waals surface area contributed by atoms with Crippen molar-refractivity contribution < 1.29 is 0 Å². The number of nitrogens with one attached hydrogen (secondary N) is 1. The molecule has 0 aromatic heterocycles. The van der Waals surface area contributed by atoms with E-state index in [0.717, 1.165) is 5.92 Å². The van der Waals surface area contributed by atoms with Crippen molar-refractivity contribution in [2.45, 2.75) is 33.6 Å². The monoisotopic (exact) mass is 141 g/mol. The molecule has 1 rings (SSSR count). The second-order valence-electron chi connectivity index (χ2n) is 4.20. The van der Waals surface area contributed by atoms with Gasteiger partial charge in [-0.15, -0.1) is 0 Å². The predicted molar refractivity (Wildman–Crippen MR) is 45.0 cm³/mol. The van der Waals surface area contributed by atoms with Gasteiger partial charge in [-0.25, -0.2) is 0 Å². The van der Waals surface area contributed by atoms with Gasteiger partial charge in [0.25, 0.3) is 0 Å². The van der Waals surface area contributed by atoms with Gasteiger partial charge in [-0.05, 0) is 37.3 Å². The maximum absolute atomic E-state index is 3.45. The molecule has 0 aromatic carbocycles. The van der Waals surface area contributed by atoms with E-state index < -0.39 is 0 Å². The van der Waals surface area contributed by atoms with Gasteiger partial charge < -0.3 is 5.32 Å². The Hall–Kier alpha value is -0.0400. The molecule has 1 nitrogen and oxygen atoms in total. The lowest BCUT2D eigenvalue weighted by Crippen LogP contribution is -2.27. The van der Waals surface area contributed by atoms with E-state index in [0.29, 0.717) is 5.41 Å². The molecule has 1 unspecified atom stereocenters. The Balaban J connectivity index is 2.52. The van der Waals surface area contributed by atoms with E-state index in [4.69, 9.17) is 0 Å². The Morgan fingerprint density at radius 2 is 2.10 bits per heavy atom. The molecule has 1 aliphatic heterocycles. The highest BCUT2D eigenvalue weighted by Crippen LogP contribution is 2.32. The molecule has 1 aliphatic rings. The first-order valence-corrected chi connectivity index (χ1v) is 4.33. The molecule has 1 saturated heterocycles. The molecule has 0 aromatic rings. The van der Waals surface area contributed by atoms with Crippen molar-refractivity contribution >= 4 is 0 Å². The number of rotatable bonds is 0. The average Bonchev–Trinajstić information content (AvgIpc) is 1.96. The fourth-order valence-electron chi connectivity index (χ4n) is 1.51. The molecular weight excluding hydrogens is 122 g/mol. The van der Waals surface area contributed by atoms with Crippen LogP contribution in [0.5, 0.6) is 0 Å². The molecule has 0 amide bonds. The first-order chi connectivity index (χ1) is 4.63. The third kappa shape index (κ3) is 1.72. The smallest absolute Gasteiger partial charge is 0.00181 e. The van der Waals surface area contributed by atoms with Crippen LogP contribution in [0.15, 0.2) is 0 Å².